The maximum atomic E-state index is 13.0. The number of rotatable bonds is 7. The molecule has 2 heterocycles. The SMILES string of the molecule is COc1ccc(OC)c(-c2ncc(NC(=O)c3ccc(S(=O)(=O)N4CCCC[C@@H]4C)cc3)s2)c1. The molecule has 8 nitrogen and oxygen atoms in total. The highest BCUT2D eigenvalue weighted by Gasteiger charge is 2.31. The van der Waals surface area contributed by atoms with Gasteiger partial charge in [0, 0.05) is 18.2 Å². The summed E-state index contributed by atoms with van der Waals surface area (Å²) in [5.41, 5.74) is 1.12. The second-order valence-corrected chi connectivity index (χ2v) is 11.0. The maximum absolute atomic E-state index is 13.0. The van der Waals surface area contributed by atoms with Crippen LogP contribution in [0, 0.1) is 0 Å². The number of aromatic nitrogens is 1. The number of anilines is 1. The summed E-state index contributed by atoms with van der Waals surface area (Å²) in [6, 6.07) is 11.4. The first-order valence-corrected chi connectivity index (χ1v) is 13.2. The number of thiazole rings is 1. The van der Waals surface area contributed by atoms with E-state index in [1.54, 1.807) is 36.9 Å². The minimum absolute atomic E-state index is 0.0227. The molecule has 0 aliphatic carbocycles. The number of hydrogen-bond donors (Lipinski definition) is 1. The van der Waals surface area contributed by atoms with Gasteiger partial charge < -0.3 is 14.8 Å². The Morgan fingerprint density at radius 3 is 2.56 bits per heavy atom. The molecule has 1 aromatic heterocycles. The maximum Gasteiger partial charge on any atom is 0.256 e. The Bertz CT molecular complexity index is 1270. The molecule has 1 fully saturated rings. The van der Waals surface area contributed by atoms with E-state index in [4.69, 9.17) is 9.47 Å². The average molecular weight is 502 g/mol. The third-order valence-corrected chi connectivity index (χ3v) is 8.82. The quantitative estimate of drug-likeness (QED) is 0.506. The largest absolute Gasteiger partial charge is 0.497 e. The predicted molar refractivity (Wildman–Crippen MR) is 132 cm³/mol. The predicted octanol–water partition coefficient (Wildman–Crippen LogP) is 4.64. The minimum atomic E-state index is -3.58. The second-order valence-electron chi connectivity index (χ2n) is 8.03. The first-order valence-electron chi connectivity index (χ1n) is 10.9. The molecular weight excluding hydrogens is 474 g/mol. The topological polar surface area (TPSA) is 97.8 Å². The van der Waals surface area contributed by atoms with E-state index in [0.717, 1.165) is 24.8 Å². The number of nitrogens with zero attached hydrogens (tertiary/aromatic N) is 2. The fourth-order valence-electron chi connectivity index (χ4n) is 3.96. The van der Waals surface area contributed by atoms with Crippen molar-refractivity contribution in [1.82, 2.24) is 9.29 Å². The first kappa shape index (κ1) is 24.2. The first-order chi connectivity index (χ1) is 16.3. The van der Waals surface area contributed by atoms with Gasteiger partial charge in [-0.2, -0.15) is 4.31 Å². The molecule has 3 aromatic rings. The van der Waals surface area contributed by atoms with Crippen LogP contribution in [0.5, 0.6) is 11.5 Å². The lowest BCUT2D eigenvalue weighted by Crippen LogP contribution is -2.41. The van der Waals surface area contributed by atoms with Crippen LogP contribution >= 0.6 is 11.3 Å². The Morgan fingerprint density at radius 2 is 1.88 bits per heavy atom. The molecular formula is C24H27N3O5S2. The molecule has 180 valence electrons. The van der Waals surface area contributed by atoms with Gasteiger partial charge in [0.05, 0.1) is 30.9 Å². The zero-order valence-electron chi connectivity index (χ0n) is 19.3. The molecule has 34 heavy (non-hydrogen) atoms. The van der Waals surface area contributed by atoms with Gasteiger partial charge in [-0.15, -0.1) is 0 Å². The molecule has 0 unspecified atom stereocenters. The summed E-state index contributed by atoms with van der Waals surface area (Å²) >= 11 is 1.30. The Morgan fingerprint density at radius 1 is 1.12 bits per heavy atom. The van der Waals surface area contributed by atoms with Gasteiger partial charge in [0.25, 0.3) is 5.91 Å². The smallest absolute Gasteiger partial charge is 0.256 e. The van der Waals surface area contributed by atoms with E-state index in [1.165, 1.54) is 35.6 Å². The van der Waals surface area contributed by atoms with Crippen LogP contribution in [0.3, 0.4) is 0 Å². The van der Waals surface area contributed by atoms with Crippen molar-refractivity contribution in [2.24, 2.45) is 0 Å². The Hall–Kier alpha value is -2.95. The number of hydrogen-bond acceptors (Lipinski definition) is 7. The Balaban J connectivity index is 1.49. The molecule has 1 aliphatic rings. The van der Waals surface area contributed by atoms with Crippen LogP contribution in [-0.4, -0.2) is 50.4 Å². The number of ether oxygens (including phenoxy) is 2. The summed E-state index contributed by atoms with van der Waals surface area (Å²) in [5, 5.41) is 4.06. The number of methoxy groups -OCH3 is 2. The highest BCUT2D eigenvalue weighted by Crippen LogP contribution is 2.37. The number of sulfonamides is 1. The highest BCUT2D eigenvalue weighted by atomic mass is 32.2. The van der Waals surface area contributed by atoms with E-state index >= 15 is 0 Å². The van der Waals surface area contributed by atoms with Crippen molar-refractivity contribution in [3.63, 3.8) is 0 Å². The van der Waals surface area contributed by atoms with Crippen molar-refractivity contribution in [3.8, 4) is 22.1 Å². The van der Waals surface area contributed by atoms with Crippen molar-refractivity contribution in [2.45, 2.75) is 37.1 Å². The number of piperidine rings is 1. The van der Waals surface area contributed by atoms with Crippen LogP contribution in [-0.2, 0) is 10.0 Å². The molecule has 1 N–H and O–H groups in total. The molecule has 1 amide bonds. The molecule has 2 aromatic carbocycles. The highest BCUT2D eigenvalue weighted by molar-refractivity contribution is 7.89. The van der Waals surface area contributed by atoms with Gasteiger partial charge in [0.2, 0.25) is 10.0 Å². The van der Waals surface area contributed by atoms with E-state index in [0.29, 0.717) is 33.6 Å². The molecule has 0 radical (unpaired) electrons. The van der Waals surface area contributed by atoms with Gasteiger partial charge in [-0.3, -0.25) is 4.79 Å². The molecule has 0 bridgehead atoms. The van der Waals surface area contributed by atoms with Crippen LogP contribution in [0.25, 0.3) is 10.6 Å². The van der Waals surface area contributed by atoms with Crippen LogP contribution < -0.4 is 14.8 Å². The molecule has 4 rings (SSSR count). The zero-order valence-corrected chi connectivity index (χ0v) is 20.9. The summed E-state index contributed by atoms with van der Waals surface area (Å²) in [5.74, 6) is 0.974. The van der Waals surface area contributed by atoms with Crippen molar-refractivity contribution in [1.29, 1.82) is 0 Å². The van der Waals surface area contributed by atoms with Gasteiger partial charge in [0.15, 0.2) is 0 Å². The lowest BCUT2D eigenvalue weighted by molar-refractivity contribution is 0.102. The van der Waals surface area contributed by atoms with Crippen molar-refractivity contribution in [2.75, 3.05) is 26.1 Å². The van der Waals surface area contributed by atoms with E-state index < -0.39 is 10.0 Å². The fraction of sp³-hybridized carbons (Fsp3) is 0.333. The summed E-state index contributed by atoms with van der Waals surface area (Å²) in [7, 11) is -0.414. The van der Waals surface area contributed by atoms with E-state index in [-0.39, 0.29) is 16.8 Å². The van der Waals surface area contributed by atoms with Crippen LogP contribution in [0.15, 0.2) is 53.6 Å². The van der Waals surface area contributed by atoms with Crippen LogP contribution in [0.1, 0.15) is 36.5 Å². The lowest BCUT2D eigenvalue weighted by Gasteiger charge is -2.32. The number of amides is 1. The van der Waals surface area contributed by atoms with Crippen LogP contribution in [0.2, 0.25) is 0 Å². The molecule has 1 aliphatic heterocycles. The summed E-state index contributed by atoms with van der Waals surface area (Å²) in [4.78, 5) is 17.4. The fourth-order valence-corrected chi connectivity index (χ4v) is 6.50. The molecule has 1 atom stereocenters. The summed E-state index contributed by atoms with van der Waals surface area (Å²) in [6.07, 6.45) is 4.34. The number of benzene rings is 2. The third kappa shape index (κ3) is 4.94. The normalized spacial score (nSPS) is 16.7. The van der Waals surface area contributed by atoms with E-state index in [2.05, 4.69) is 10.3 Å². The average Bonchev–Trinajstić information content (AvgIpc) is 3.32. The molecule has 0 saturated carbocycles. The van der Waals surface area contributed by atoms with E-state index in [9.17, 15) is 13.2 Å². The van der Waals surface area contributed by atoms with Gasteiger partial charge in [0.1, 0.15) is 21.5 Å². The van der Waals surface area contributed by atoms with Crippen molar-refractivity contribution in [3.05, 3.63) is 54.2 Å². The summed E-state index contributed by atoms with van der Waals surface area (Å²) in [6.45, 7) is 2.46. The van der Waals surface area contributed by atoms with E-state index in [1.807, 2.05) is 13.0 Å². The number of carbonyl (C=O) groups excluding carboxylic acids is 1. The van der Waals surface area contributed by atoms with Crippen molar-refractivity contribution < 1.29 is 22.7 Å². The third-order valence-electron chi connectivity index (χ3n) is 5.84. The van der Waals surface area contributed by atoms with Crippen molar-refractivity contribution >= 4 is 32.3 Å². The van der Waals surface area contributed by atoms with Gasteiger partial charge >= 0.3 is 0 Å². The molecule has 0 spiro atoms. The monoisotopic (exact) mass is 501 g/mol. The summed E-state index contributed by atoms with van der Waals surface area (Å²) < 4.78 is 38.3. The lowest BCUT2D eigenvalue weighted by atomic mass is 10.1. The Labute approximate surface area is 203 Å². The number of nitrogens with one attached hydrogen (secondary N) is 1. The number of carbonyl (C=O) groups is 1. The standard InChI is InChI=1S/C24H27N3O5S2/c1-16-6-4-5-13-27(16)34(29,30)19-10-7-17(8-11-19)23(28)26-22-15-25-24(33-22)20-14-18(31-2)9-12-21(20)32-3/h7-12,14-16H,4-6,13H2,1-3H3,(H,26,28)/t16-/m0/s1. The van der Waals surface area contributed by atoms with Gasteiger partial charge in [-0.25, -0.2) is 13.4 Å². The van der Waals surface area contributed by atoms with Crippen LogP contribution in [0.4, 0.5) is 5.00 Å². The minimum Gasteiger partial charge on any atom is -0.497 e. The zero-order chi connectivity index (χ0) is 24.3. The van der Waals surface area contributed by atoms with Gasteiger partial charge in [-0.05, 0) is 62.2 Å². The molecule has 10 heteroatoms. The Kier molecular flexibility index (Phi) is 7.20. The molecule has 1 saturated heterocycles. The van der Waals surface area contributed by atoms with Gasteiger partial charge in [-0.1, -0.05) is 17.8 Å². The second kappa shape index (κ2) is 10.1.